The molecule has 1 unspecified atom stereocenters. The van der Waals surface area contributed by atoms with Crippen LogP contribution in [0.3, 0.4) is 0 Å². The zero-order valence-electron chi connectivity index (χ0n) is 10.7. The predicted octanol–water partition coefficient (Wildman–Crippen LogP) is 2.39. The number of phenolic OH excluding ortho intramolecular Hbond substituents is 1. The summed E-state index contributed by atoms with van der Waals surface area (Å²) in [5.74, 6) is 0.618. The highest BCUT2D eigenvalue weighted by Crippen LogP contribution is 2.23. The van der Waals surface area contributed by atoms with Gasteiger partial charge in [0.25, 0.3) is 5.91 Å². The molecular formula is C13H18ClNO3. The smallest absolute Gasteiger partial charge is 0.255 e. The highest BCUT2D eigenvalue weighted by atomic mass is 35.5. The molecule has 1 aromatic carbocycles. The minimum atomic E-state index is -0.338. The number of benzene rings is 1. The number of alkyl halides is 1. The van der Waals surface area contributed by atoms with Crippen molar-refractivity contribution in [2.45, 2.75) is 19.9 Å². The van der Waals surface area contributed by atoms with E-state index in [0.29, 0.717) is 11.6 Å². The van der Waals surface area contributed by atoms with E-state index >= 15 is 0 Å². The molecule has 0 saturated carbocycles. The summed E-state index contributed by atoms with van der Waals surface area (Å²) in [5.41, 5.74) is 0.214. The van der Waals surface area contributed by atoms with E-state index in [-0.39, 0.29) is 29.2 Å². The van der Waals surface area contributed by atoms with Crippen LogP contribution in [0, 0.1) is 5.92 Å². The lowest BCUT2D eigenvalue weighted by molar-refractivity contribution is 0.0928. The number of hydrogen-bond donors (Lipinski definition) is 2. The van der Waals surface area contributed by atoms with Gasteiger partial charge in [-0.15, -0.1) is 11.6 Å². The van der Waals surface area contributed by atoms with Gasteiger partial charge in [-0.05, 0) is 18.1 Å². The quantitative estimate of drug-likeness (QED) is 0.809. The summed E-state index contributed by atoms with van der Waals surface area (Å²) < 4.78 is 4.96. The van der Waals surface area contributed by atoms with Crippen molar-refractivity contribution < 1.29 is 14.6 Å². The van der Waals surface area contributed by atoms with Gasteiger partial charge in [-0.1, -0.05) is 13.8 Å². The largest absolute Gasteiger partial charge is 0.507 e. The number of carbonyl (C=O) groups is 1. The van der Waals surface area contributed by atoms with Crippen LogP contribution >= 0.6 is 11.6 Å². The van der Waals surface area contributed by atoms with E-state index in [1.165, 1.54) is 19.2 Å². The van der Waals surface area contributed by atoms with Gasteiger partial charge in [0.15, 0.2) is 0 Å². The summed E-state index contributed by atoms with van der Waals surface area (Å²) >= 11 is 5.78. The Bertz CT molecular complexity index is 421. The summed E-state index contributed by atoms with van der Waals surface area (Å²) in [6.45, 7) is 3.95. The van der Waals surface area contributed by atoms with Crippen LogP contribution in [-0.4, -0.2) is 30.0 Å². The van der Waals surface area contributed by atoms with E-state index in [0.717, 1.165) is 0 Å². The van der Waals surface area contributed by atoms with Gasteiger partial charge in [0.05, 0.1) is 12.7 Å². The fraction of sp³-hybridized carbons (Fsp3) is 0.462. The normalized spacial score (nSPS) is 12.3. The van der Waals surface area contributed by atoms with Crippen molar-refractivity contribution in [2.24, 2.45) is 5.92 Å². The van der Waals surface area contributed by atoms with Crippen LogP contribution in [0.1, 0.15) is 24.2 Å². The number of aromatic hydroxyl groups is 1. The highest BCUT2D eigenvalue weighted by molar-refractivity contribution is 6.18. The van der Waals surface area contributed by atoms with E-state index in [9.17, 15) is 9.90 Å². The Balaban J connectivity index is 2.84. The average molecular weight is 272 g/mol. The van der Waals surface area contributed by atoms with E-state index in [4.69, 9.17) is 16.3 Å². The third kappa shape index (κ3) is 3.53. The molecule has 1 aromatic rings. The number of ether oxygens (including phenoxy) is 1. The maximum absolute atomic E-state index is 12.0. The van der Waals surface area contributed by atoms with Crippen molar-refractivity contribution in [1.29, 1.82) is 0 Å². The summed E-state index contributed by atoms with van der Waals surface area (Å²) in [7, 11) is 1.50. The van der Waals surface area contributed by atoms with Crippen molar-refractivity contribution in [1.82, 2.24) is 5.32 Å². The lowest BCUT2D eigenvalue weighted by atomic mass is 10.1. The first-order chi connectivity index (χ1) is 8.49. The average Bonchev–Trinajstić information content (AvgIpc) is 2.34. The van der Waals surface area contributed by atoms with Crippen LogP contribution in [0.15, 0.2) is 18.2 Å². The molecule has 1 rings (SSSR count). The van der Waals surface area contributed by atoms with Gasteiger partial charge in [0.2, 0.25) is 0 Å². The Morgan fingerprint density at radius 1 is 1.50 bits per heavy atom. The molecule has 18 heavy (non-hydrogen) atoms. The van der Waals surface area contributed by atoms with Crippen molar-refractivity contribution in [2.75, 3.05) is 13.0 Å². The van der Waals surface area contributed by atoms with Crippen LogP contribution in [0.5, 0.6) is 11.5 Å². The topological polar surface area (TPSA) is 58.6 Å². The van der Waals surface area contributed by atoms with E-state index in [2.05, 4.69) is 5.32 Å². The Labute approximate surface area is 112 Å². The van der Waals surface area contributed by atoms with Crippen LogP contribution in [-0.2, 0) is 0 Å². The second kappa shape index (κ2) is 6.50. The standard InChI is InChI=1S/C13H18ClNO3/c1-8(2)11(7-14)15-13(17)10-5-4-9(18-3)6-12(10)16/h4-6,8,11,16H,7H2,1-3H3,(H,15,17). The second-order valence-electron chi connectivity index (χ2n) is 4.36. The number of hydrogen-bond acceptors (Lipinski definition) is 3. The molecule has 0 saturated heterocycles. The molecule has 0 aromatic heterocycles. The van der Waals surface area contributed by atoms with Crippen molar-refractivity contribution in [3.8, 4) is 11.5 Å². The lowest BCUT2D eigenvalue weighted by Gasteiger charge is -2.20. The van der Waals surface area contributed by atoms with E-state index in [1.807, 2.05) is 13.8 Å². The van der Waals surface area contributed by atoms with Crippen LogP contribution in [0.4, 0.5) is 0 Å². The van der Waals surface area contributed by atoms with Gasteiger partial charge in [-0.25, -0.2) is 0 Å². The summed E-state index contributed by atoms with van der Waals surface area (Å²) in [5, 5.41) is 12.5. The molecule has 1 amide bonds. The maximum atomic E-state index is 12.0. The van der Waals surface area contributed by atoms with Gasteiger partial charge < -0.3 is 15.2 Å². The number of nitrogens with one attached hydrogen (secondary N) is 1. The monoisotopic (exact) mass is 271 g/mol. The molecule has 0 fully saturated rings. The Hall–Kier alpha value is -1.42. The molecule has 4 nitrogen and oxygen atoms in total. The van der Waals surface area contributed by atoms with Crippen molar-refractivity contribution >= 4 is 17.5 Å². The van der Waals surface area contributed by atoms with E-state index in [1.54, 1.807) is 6.07 Å². The zero-order valence-corrected chi connectivity index (χ0v) is 11.5. The van der Waals surface area contributed by atoms with Gasteiger partial charge in [0, 0.05) is 18.0 Å². The second-order valence-corrected chi connectivity index (χ2v) is 4.67. The third-order valence-electron chi connectivity index (χ3n) is 2.74. The molecule has 0 radical (unpaired) electrons. The van der Waals surface area contributed by atoms with Gasteiger partial charge in [0.1, 0.15) is 11.5 Å². The number of rotatable bonds is 5. The predicted molar refractivity (Wildman–Crippen MR) is 71.5 cm³/mol. The highest BCUT2D eigenvalue weighted by Gasteiger charge is 2.18. The number of halogens is 1. The van der Waals surface area contributed by atoms with Crippen LogP contribution in [0.2, 0.25) is 0 Å². The Morgan fingerprint density at radius 3 is 2.61 bits per heavy atom. The zero-order chi connectivity index (χ0) is 13.7. The first kappa shape index (κ1) is 14.6. The minimum absolute atomic E-state index is 0.107. The summed E-state index contributed by atoms with van der Waals surface area (Å²) in [6.07, 6.45) is 0. The van der Waals surface area contributed by atoms with Gasteiger partial charge in [-0.2, -0.15) is 0 Å². The number of phenols is 1. The first-order valence-electron chi connectivity index (χ1n) is 5.73. The molecule has 0 bridgehead atoms. The Kier molecular flexibility index (Phi) is 5.28. The fourth-order valence-corrected chi connectivity index (χ4v) is 1.89. The molecule has 0 aliphatic rings. The first-order valence-corrected chi connectivity index (χ1v) is 6.26. The molecule has 100 valence electrons. The molecule has 0 aliphatic heterocycles. The molecule has 0 aliphatic carbocycles. The van der Waals surface area contributed by atoms with Gasteiger partial charge >= 0.3 is 0 Å². The number of amides is 1. The van der Waals surface area contributed by atoms with E-state index < -0.39 is 0 Å². The molecule has 0 spiro atoms. The molecule has 2 N–H and O–H groups in total. The molecule has 5 heteroatoms. The maximum Gasteiger partial charge on any atom is 0.255 e. The summed E-state index contributed by atoms with van der Waals surface area (Å²) in [4.78, 5) is 12.0. The molecule has 0 heterocycles. The third-order valence-corrected chi connectivity index (χ3v) is 3.07. The lowest BCUT2D eigenvalue weighted by Crippen LogP contribution is -2.39. The van der Waals surface area contributed by atoms with Crippen molar-refractivity contribution in [3.63, 3.8) is 0 Å². The molecule has 1 atom stereocenters. The summed E-state index contributed by atoms with van der Waals surface area (Å²) in [6, 6.07) is 4.43. The Morgan fingerprint density at radius 2 is 2.17 bits per heavy atom. The molecular weight excluding hydrogens is 254 g/mol. The van der Waals surface area contributed by atoms with Gasteiger partial charge in [-0.3, -0.25) is 4.79 Å². The minimum Gasteiger partial charge on any atom is -0.507 e. The van der Waals surface area contributed by atoms with Crippen LogP contribution < -0.4 is 10.1 Å². The van der Waals surface area contributed by atoms with Crippen LogP contribution in [0.25, 0.3) is 0 Å². The fourth-order valence-electron chi connectivity index (χ4n) is 1.46. The SMILES string of the molecule is COc1ccc(C(=O)NC(CCl)C(C)C)c(O)c1. The van der Waals surface area contributed by atoms with Crippen molar-refractivity contribution in [3.05, 3.63) is 23.8 Å². The number of carbonyl (C=O) groups excluding carboxylic acids is 1. The number of methoxy groups -OCH3 is 1.